The molecule has 102 valence electrons. The third-order valence-electron chi connectivity index (χ3n) is 4.12. The van der Waals surface area contributed by atoms with Crippen LogP contribution in [-0.4, -0.2) is 6.04 Å². The Morgan fingerprint density at radius 1 is 1.17 bits per heavy atom. The summed E-state index contributed by atoms with van der Waals surface area (Å²) in [7, 11) is 0. The van der Waals surface area contributed by atoms with Gasteiger partial charge in [-0.25, -0.2) is 0 Å². The van der Waals surface area contributed by atoms with Crippen LogP contribution in [0.15, 0.2) is 18.2 Å². The van der Waals surface area contributed by atoms with Crippen molar-refractivity contribution >= 4 is 0 Å². The molecule has 18 heavy (non-hydrogen) atoms. The number of rotatable bonds is 4. The summed E-state index contributed by atoms with van der Waals surface area (Å²) in [5.41, 5.74) is 10.8. The smallest absolute Gasteiger partial charge is 0.00821 e. The molecule has 0 aliphatic heterocycles. The molecule has 0 radical (unpaired) electrons. The lowest BCUT2D eigenvalue weighted by Crippen LogP contribution is -2.30. The standard InChI is InChI=1S/C17H29N/c1-12-7-8-13(2)15(9-12)11-16(18)10-14(3)17(4,5)6/h7-9,14,16H,10-11,18H2,1-6H3. The molecule has 1 aromatic rings. The van der Waals surface area contributed by atoms with E-state index in [0.717, 1.165) is 12.8 Å². The maximum atomic E-state index is 6.32. The molecule has 0 amide bonds. The van der Waals surface area contributed by atoms with Crippen LogP contribution in [0.3, 0.4) is 0 Å². The topological polar surface area (TPSA) is 26.0 Å². The van der Waals surface area contributed by atoms with Crippen molar-refractivity contribution in [2.24, 2.45) is 17.1 Å². The molecule has 0 saturated carbocycles. The van der Waals surface area contributed by atoms with Gasteiger partial charge in [0.1, 0.15) is 0 Å². The third-order valence-corrected chi connectivity index (χ3v) is 4.12. The zero-order valence-corrected chi connectivity index (χ0v) is 12.9. The highest BCUT2D eigenvalue weighted by Gasteiger charge is 2.22. The highest BCUT2D eigenvalue weighted by molar-refractivity contribution is 5.31. The van der Waals surface area contributed by atoms with Crippen LogP contribution < -0.4 is 5.73 Å². The van der Waals surface area contributed by atoms with E-state index in [0.29, 0.717) is 11.3 Å². The van der Waals surface area contributed by atoms with Gasteiger partial charge in [-0.1, -0.05) is 51.5 Å². The largest absolute Gasteiger partial charge is 0.327 e. The predicted octanol–water partition coefficient (Wildman–Crippen LogP) is 4.25. The summed E-state index contributed by atoms with van der Waals surface area (Å²) >= 11 is 0. The molecule has 1 heteroatoms. The van der Waals surface area contributed by atoms with Crippen LogP contribution in [0.2, 0.25) is 0 Å². The molecule has 2 atom stereocenters. The maximum absolute atomic E-state index is 6.32. The monoisotopic (exact) mass is 247 g/mol. The Bertz CT molecular complexity index is 387. The normalized spacial score (nSPS) is 15.5. The molecule has 0 fully saturated rings. The molecular weight excluding hydrogens is 218 g/mol. The van der Waals surface area contributed by atoms with E-state index in [1.165, 1.54) is 16.7 Å². The van der Waals surface area contributed by atoms with Gasteiger partial charge >= 0.3 is 0 Å². The first-order valence-electron chi connectivity index (χ1n) is 7.02. The number of hydrogen-bond acceptors (Lipinski definition) is 1. The number of hydrogen-bond donors (Lipinski definition) is 1. The van der Waals surface area contributed by atoms with Crippen molar-refractivity contribution in [3.8, 4) is 0 Å². The van der Waals surface area contributed by atoms with Crippen LogP contribution in [-0.2, 0) is 6.42 Å². The van der Waals surface area contributed by atoms with Crippen molar-refractivity contribution in [1.82, 2.24) is 0 Å². The maximum Gasteiger partial charge on any atom is 0.00821 e. The fraction of sp³-hybridized carbons (Fsp3) is 0.647. The van der Waals surface area contributed by atoms with Gasteiger partial charge in [0.2, 0.25) is 0 Å². The van der Waals surface area contributed by atoms with Crippen molar-refractivity contribution < 1.29 is 0 Å². The van der Waals surface area contributed by atoms with Gasteiger partial charge in [-0.05, 0) is 49.1 Å². The Balaban J connectivity index is 2.65. The zero-order valence-electron chi connectivity index (χ0n) is 12.9. The Morgan fingerprint density at radius 3 is 2.33 bits per heavy atom. The van der Waals surface area contributed by atoms with Crippen molar-refractivity contribution in [2.45, 2.75) is 60.4 Å². The number of benzene rings is 1. The van der Waals surface area contributed by atoms with Crippen LogP contribution in [0.1, 0.15) is 50.8 Å². The Labute approximate surface area is 113 Å². The van der Waals surface area contributed by atoms with Crippen molar-refractivity contribution in [3.05, 3.63) is 34.9 Å². The minimum Gasteiger partial charge on any atom is -0.327 e. The lowest BCUT2D eigenvalue weighted by Gasteiger charge is -2.29. The van der Waals surface area contributed by atoms with Gasteiger partial charge < -0.3 is 5.73 Å². The molecule has 0 heterocycles. The molecule has 0 spiro atoms. The first kappa shape index (κ1) is 15.2. The van der Waals surface area contributed by atoms with E-state index in [4.69, 9.17) is 5.73 Å². The fourth-order valence-electron chi connectivity index (χ4n) is 2.19. The molecule has 0 aliphatic rings. The van der Waals surface area contributed by atoms with E-state index < -0.39 is 0 Å². The van der Waals surface area contributed by atoms with Gasteiger partial charge in [0.15, 0.2) is 0 Å². The second-order valence-electron chi connectivity index (χ2n) is 6.90. The average Bonchev–Trinajstić information content (AvgIpc) is 2.22. The predicted molar refractivity (Wildman–Crippen MR) is 80.8 cm³/mol. The Hall–Kier alpha value is -0.820. The van der Waals surface area contributed by atoms with Crippen LogP contribution in [0, 0.1) is 25.2 Å². The summed E-state index contributed by atoms with van der Waals surface area (Å²) < 4.78 is 0. The van der Waals surface area contributed by atoms with E-state index in [9.17, 15) is 0 Å². The van der Waals surface area contributed by atoms with Gasteiger partial charge in [0, 0.05) is 6.04 Å². The number of aryl methyl sites for hydroxylation is 2. The van der Waals surface area contributed by atoms with Gasteiger partial charge in [-0.15, -0.1) is 0 Å². The second-order valence-corrected chi connectivity index (χ2v) is 6.90. The third kappa shape index (κ3) is 4.45. The Kier molecular flexibility index (Phi) is 4.98. The molecular formula is C17H29N. The highest BCUT2D eigenvalue weighted by Crippen LogP contribution is 2.29. The molecule has 2 N–H and O–H groups in total. The summed E-state index contributed by atoms with van der Waals surface area (Å²) in [6, 6.07) is 6.91. The zero-order chi connectivity index (χ0) is 13.9. The van der Waals surface area contributed by atoms with E-state index in [1.54, 1.807) is 0 Å². The first-order chi connectivity index (χ1) is 8.20. The number of nitrogens with two attached hydrogens (primary N) is 1. The van der Waals surface area contributed by atoms with Crippen LogP contribution >= 0.6 is 0 Å². The van der Waals surface area contributed by atoms with Gasteiger partial charge in [-0.2, -0.15) is 0 Å². The fourth-order valence-corrected chi connectivity index (χ4v) is 2.19. The van der Waals surface area contributed by atoms with Gasteiger partial charge in [-0.3, -0.25) is 0 Å². The summed E-state index contributed by atoms with van der Waals surface area (Å²) in [5.74, 6) is 0.651. The van der Waals surface area contributed by atoms with Crippen molar-refractivity contribution in [1.29, 1.82) is 0 Å². The quantitative estimate of drug-likeness (QED) is 0.846. The van der Waals surface area contributed by atoms with Crippen molar-refractivity contribution in [2.75, 3.05) is 0 Å². The SMILES string of the molecule is Cc1ccc(C)c(CC(N)CC(C)C(C)(C)C)c1. The van der Waals surface area contributed by atoms with E-state index >= 15 is 0 Å². The Morgan fingerprint density at radius 2 is 1.78 bits per heavy atom. The van der Waals surface area contributed by atoms with E-state index in [-0.39, 0.29) is 6.04 Å². The summed E-state index contributed by atoms with van der Waals surface area (Å²) in [5, 5.41) is 0. The molecule has 1 aromatic carbocycles. The van der Waals surface area contributed by atoms with Gasteiger partial charge in [0.05, 0.1) is 0 Å². The first-order valence-corrected chi connectivity index (χ1v) is 7.02. The minimum absolute atomic E-state index is 0.264. The molecule has 1 rings (SSSR count). The second kappa shape index (κ2) is 5.88. The van der Waals surface area contributed by atoms with Gasteiger partial charge in [0.25, 0.3) is 0 Å². The van der Waals surface area contributed by atoms with Crippen LogP contribution in [0.4, 0.5) is 0 Å². The molecule has 0 aromatic heterocycles. The molecule has 0 aliphatic carbocycles. The lowest BCUT2D eigenvalue weighted by molar-refractivity contribution is 0.233. The molecule has 0 saturated heterocycles. The molecule has 2 unspecified atom stereocenters. The van der Waals surface area contributed by atoms with Crippen LogP contribution in [0.25, 0.3) is 0 Å². The minimum atomic E-state index is 0.264. The summed E-state index contributed by atoms with van der Waals surface area (Å²) in [6.45, 7) is 13.5. The molecule has 1 nitrogen and oxygen atoms in total. The summed E-state index contributed by atoms with van der Waals surface area (Å²) in [6.07, 6.45) is 2.09. The van der Waals surface area contributed by atoms with E-state index in [2.05, 4.69) is 59.7 Å². The van der Waals surface area contributed by atoms with Crippen molar-refractivity contribution in [3.63, 3.8) is 0 Å². The average molecular weight is 247 g/mol. The highest BCUT2D eigenvalue weighted by atomic mass is 14.6. The lowest BCUT2D eigenvalue weighted by atomic mass is 9.78. The van der Waals surface area contributed by atoms with Crippen LogP contribution in [0.5, 0.6) is 0 Å². The summed E-state index contributed by atoms with van der Waals surface area (Å²) in [4.78, 5) is 0. The molecule has 0 bridgehead atoms. The van der Waals surface area contributed by atoms with E-state index in [1.807, 2.05) is 0 Å².